The van der Waals surface area contributed by atoms with Gasteiger partial charge in [0.25, 0.3) is 0 Å². The first-order valence-electron chi connectivity index (χ1n) is 7.53. The van der Waals surface area contributed by atoms with Crippen molar-refractivity contribution in [2.45, 2.75) is 51.2 Å². The summed E-state index contributed by atoms with van der Waals surface area (Å²) in [6.07, 6.45) is 6.60. The van der Waals surface area contributed by atoms with Gasteiger partial charge in [-0.2, -0.15) is 0 Å². The zero-order valence-corrected chi connectivity index (χ0v) is 12.6. The molecule has 4 heteroatoms. The lowest BCUT2D eigenvalue weighted by atomic mass is 9.83. The number of aliphatic hydroxyl groups excluding tert-OH is 1. The van der Waals surface area contributed by atoms with Crippen LogP contribution in [0.15, 0.2) is 18.2 Å². The van der Waals surface area contributed by atoms with Crippen molar-refractivity contribution in [2.24, 2.45) is 5.92 Å². The van der Waals surface area contributed by atoms with Gasteiger partial charge in [0, 0.05) is 17.1 Å². The summed E-state index contributed by atoms with van der Waals surface area (Å²) in [7, 11) is 0. The third-order valence-corrected chi connectivity index (χ3v) is 4.39. The van der Waals surface area contributed by atoms with E-state index < -0.39 is 0 Å². The third-order valence-electron chi connectivity index (χ3n) is 4.15. The molecule has 0 aliphatic heterocycles. The van der Waals surface area contributed by atoms with Crippen LogP contribution in [0.1, 0.15) is 44.1 Å². The molecule has 2 rings (SSSR count). The minimum absolute atomic E-state index is 0.0966. The summed E-state index contributed by atoms with van der Waals surface area (Å²) in [5.41, 5.74) is 0.829. The molecule has 112 valence electrons. The van der Waals surface area contributed by atoms with Crippen molar-refractivity contribution in [1.29, 1.82) is 0 Å². The number of hydrogen-bond acceptors (Lipinski definition) is 3. The Kier molecular flexibility index (Phi) is 6.14. The predicted molar refractivity (Wildman–Crippen MR) is 82.0 cm³/mol. The lowest BCUT2D eigenvalue weighted by Gasteiger charge is -2.27. The van der Waals surface area contributed by atoms with Crippen LogP contribution < -0.4 is 5.32 Å². The molecule has 0 bridgehead atoms. The van der Waals surface area contributed by atoms with Crippen LogP contribution in [-0.4, -0.2) is 22.9 Å². The van der Waals surface area contributed by atoms with Gasteiger partial charge in [-0.15, -0.1) is 0 Å². The van der Waals surface area contributed by atoms with Crippen LogP contribution in [0.25, 0.3) is 0 Å². The topological polar surface area (TPSA) is 52.5 Å². The zero-order chi connectivity index (χ0) is 14.4. The highest BCUT2D eigenvalue weighted by molar-refractivity contribution is 6.30. The van der Waals surface area contributed by atoms with Crippen LogP contribution in [0.2, 0.25) is 5.02 Å². The molecule has 0 spiro atoms. The summed E-state index contributed by atoms with van der Waals surface area (Å²) < 4.78 is 0. The molecule has 0 heterocycles. The Morgan fingerprint density at radius 1 is 1.25 bits per heavy atom. The maximum atomic E-state index is 9.90. The second kappa shape index (κ2) is 7.87. The van der Waals surface area contributed by atoms with Gasteiger partial charge in [-0.3, -0.25) is 0 Å². The number of rotatable bonds is 6. The number of aromatic hydroxyl groups is 1. The maximum absolute atomic E-state index is 9.90. The van der Waals surface area contributed by atoms with Gasteiger partial charge < -0.3 is 15.5 Å². The molecule has 2 atom stereocenters. The molecular weight excluding hydrogens is 274 g/mol. The van der Waals surface area contributed by atoms with Crippen molar-refractivity contribution in [3.63, 3.8) is 0 Å². The first-order chi connectivity index (χ1) is 9.66. The van der Waals surface area contributed by atoms with Crippen molar-refractivity contribution >= 4 is 11.6 Å². The Morgan fingerprint density at radius 2 is 2.05 bits per heavy atom. The van der Waals surface area contributed by atoms with Gasteiger partial charge in [-0.25, -0.2) is 0 Å². The van der Waals surface area contributed by atoms with Gasteiger partial charge in [-0.05, 0) is 56.3 Å². The summed E-state index contributed by atoms with van der Waals surface area (Å²) in [6.45, 7) is 1.52. The zero-order valence-electron chi connectivity index (χ0n) is 11.8. The minimum Gasteiger partial charge on any atom is -0.508 e. The van der Waals surface area contributed by atoms with Gasteiger partial charge in [-0.1, -0.05) is 24.4 Å². The van der Waals surface area contributed by atoms with E-state index >= 15 is 0 Å². The molecule has 0 radical (unpaired) electrons. The summed E-state index contributed by atoms with van der Waals surface area (Å²) >= 11 is 5.91. The molecule has 1 saturated carbocycles. The van der Waals surface area contributed by atoms with E-state index in [9.17, 15) is 10.2 Å². The number of phenols is 1. The average molecular weight is 298 g/mol. The van der Waals surface area contributed by atoms with Gasteiger partial charge in [0.1, 0.15) is 5.75 Å². The average Bonchev–Trinajstić information content (AvgIpc) is 2.44. The third kappa shape index (κ3) is 4.65. The number of benzene rings is 1. The van der Waals surface area contributed by atoms with Crippen LogP contribution >= 0.6 is 11.6 Å². The van der Waals surface area contributed by atoms with E-state index in [0.717, 1.165) is 37.8 Å². The van der Waals surface area contributed by atoms with E-state index in [-0.39, 0.29) is 11.9 Å². The molecule has 3 N–H and O–H groups in total. The highest BCUT2D eigenvalue weighted by Crippen LogP contribution is 2.27. The SMILES string of the molecule is Oc1ccc(Cl)cc1CNCCCC1CCCCC1O. The van der Waals surface area contributed by atoms with Gasteiger partial charge in [0.2, 0.25) is 0 Å². The number of halogens is 1. The van der Waals surface area contributed by atoms with E-state index in [1.807, 2.05) is 0 Å². The van der Waals surface area contributed by atoms with E-state index in [2.05, 4.69) is 5.32 Å². The lowest BCUT2D eigenvalue weighted by molar-refractivity contribution is 0.0643. The summed E-state index contributed by atoms with van der Waals surface area (Å²) in [4.78, 5) is 0. The predicted octanol–water partition coefficient (Wildman–Crippen LogP) is 3.47. The molecule has 0 saturated heterocycles. The second-order valence-corrected chi connectivity index (χ2v) is 6.14. The van der Waals surface area contributed by atoms with Crippen LogP contribution in [0.3, 0.4) is 0 Å². The smallest absolute Gasteiger partial charge is 0.120 e. The highest BCUT2D eigenvalue weighted by Gasteiger charge is 2.21. The Morgan fingerprint density at radius 3 is 2.85 bits per heavy atom. The molecule has 1 aliphatic rings. The van der Waals surface area contributed by atoms with Crippen molar-refractivity contribution in [1.82, 2.24) is 5.32 Å². The summed E-state index contributed by atoms with van der Waals surface area (Å²) in [6, 6.07) is 5.09. The van der Waals surface area contributed by atoms with Crippen molar-refractivity contribution in [3.05, 3.63) is 28.8 Å². The number of aliphatic hydroxyl groups is 1. The van der Waals surface area contributed by atoms with E-state index in [0.29, 0.717) is 17.5 Å². The van der Waals surface area contributed by atoms with Crippen LogP contribution in [0.5, 0.6) is 5.75 Å². The van der Waals surface area contributed by atoms with Gasteiger partial charge in [0.05, 0.1) is 6.10 Å². The van der Waals surface area contributed by atoms with Crippen molar-refractivity contribution in [3.8, 4) is 5.75 Å². The normalized spacial score (nSPS) is 22.9. The quantitative estimate of drug-likeness (QED) is 0.705. The number of phenolic OH excluding ortho intramolecular Hbond substituents is 1. The lowest BCUT2D eigenvalue weighted by Crippen LogP contribution is -2.25. The van der Waals surface area contributed by atoms with Gasteiger partial charge >= 0.3 is 0 Å². The molecule has 1 aromatic carbocycles. The van der Waals surface area contributed by atoms with Crippen LogP contribution in [-0.2, 0) is 6.54 Å². The first-order valence-corrected chi connectivity index (χ1v) is 7.91. The van der Waals surface area contributed by atoms with E-state index in [1.54, 1.807) is 18.2 Å². The Hall–Kier alpha value is -0.770. The molecule has 20 heavy (non-hydrogen) atoms. The van der Waals surface area contributed by atoms with E-state index in [1.165, 1.54) is 12.8 Å². The molecule has 0 amide bonds. The van der Waals surface area contributed by atoms with Crippen LogP contribution in [0, 0.1) is 5.92 Å². The molecule has 0 aromatic heterocycles. The van der Waals surface area contributed by atoms with Crippen molar-refractivity contribution < 1.29 is 10.2 Å². The molecule has 1 aromatic rings. The minimum atomic E-state index is -0.0966. The molecule has 1 fully saturated rings. The fourth-order valence-corrected chi connectivity index (χ4v) is 3.13. The molecular formula is C16H24ClNO2. The Balaban J connectivity index is 1.65. The summed E-state index contributed by atoms with van der Waals surface area (Å²) in [5.74, 6) is 0.759. The number of nitrogens with one attached hydrogen (secondary N) is 1. The van der Waals surface area contributed by atoms with Crippen molar-refractivity contribution in [2.75, 3.05) is 6.54 Å². The highest BCUT2D eigenvalue weighted by atomic mass is 35.5. The first kappa shape index (κ1) is 15.6. The Bertz CT molecular complexity index is 425. The monoisotopic (exact) mass is 297 g/mol. The largest absolute Gasteiger partial charge is 0.508 e. The number of hydrogen-bond donors (Lipinski definition) is 3. The van der Waals surface area contributed by atoms with E-state index in [4.69, 9.17) is 11.6 Å². The second-order valence-electron chi connectivity index (χ2n) is 5.70. The maximum Gasteiger partial charge on any atom is 0.120 e. The molecule has 3 nitrogen and oxygen atoms in total. The molecule has 1 aliphatic carbocycles. The van der Waals surface area contributed by atoms with Crippen LogP contribution in [0.4, 0.5) is 0 Å². The Labute approximate surface area is 126 Å². The van der Waals surface area contributed by atoms with Gasteiger partial charge in [0.15, 0.2) is 0 Å². The summed E-state index contributed by atoms with van der Waals surface area (Å²) in [5, 5.41) is 23.6. The standard InChI is InChI=1S/C16H24ClNO2/c17-14-7-8-16(20)13(10-14)11-18-9-3-5-12-4-1-2-6-15(12)19/h7-8,10,12,15,18-20H,1-6,9,11H2. The fraction of sp³-hybridized carbons (Fsp3) is 0.625. The fourth-order valence-electron chi connectivity index (χ4n) is 2.93. The molecule has 2 unspecified atom stereocenters.